The van der Waals surface area contributed by atoms with Crippen LogP contribution >= 0.6 is 0 Å². The second kappa shape index (κ2) is 5.32. The van der Waals surface area contributed by atoms with Crippen LogP contribution in [-0.2, 0) is 6.54 Å². The van der Waals surface area contributed by atoms with Crippen molar-refractivity contribution in [2.75, 3.05) is 25.4 Å². The van der Waals surface area contributed by atoms with E-state index in [9.17, 15) is 10.1 Å². The Morgan fingerprint density at radius 2 is 2.33 bits per heavy atom. The standard InChI is InChI=1S/C12H17N3O3/c13-11-5-9(1-2-12(11)15(17)18)6-14-4-3-10(7-14)8-16/h1-2,5,10,16H,3-4,6-8,13H2. The van der Waals surface area contributed by atoms with Gasteiger partial charge in [0.05, 0.1) is 4.92 Å². The molecule has 1 saturated heterocycles. The number of nitrogens with two attached hydrogens (primary N) is 1. The van der Waals surface area contributed by atoms with Gasteiger partial charge in [-0.1, -0.05) is 6.07 Å². The maximum Gasteiger partial charge on any atom is 0.292 e. The number of hydrogen-bond acceptors (Lipinski definition) is 5. The Bertz CT molecular complexity index is 450. The van der Waals surface area contributed by atoms with Crippen LogP contribution < -0.4 is 5.73 Å². The Balaban J connectivity index is 2.02. The van der Waals surface area contributed by atoms with Crippen molar-refractivity contribution in [3.05, 3.63) is 33.9 Å². The fourth-order valence-electron chi connectivity index (χ4n) is 2.33. The maximum atomic E-state index is 10.6. The summed E-state index contributed by atoms with van der Waals surface area (Å²) >= 11 is 0. The average Bonchev–Trinajstić information content (AvgIpc) is 2.76. The molecule has 1 aliphatic rings. The molecule has 1 heterocycles. The molecule has 0 radical (unpaired) electrons. The van der Waals surface area contributed by atoms with E-state index in [2.05, 4.69) is 4.90 Å². The van der Waals surface area contributed by atoms with Crippen LogP contribution in [0.25, 0.3) is 0 Å². The number of aliphatic hydroxyl groups excluding tert-OH is 1. The number of hydrogen-bond donors (Lipinski definition) is 2. The first-order valence-corrected chi connectivity index (χ1v) is 5.96. The van der Waals surface area contributed by atoms with Gasteiger partial charge in [-0.25, -0.2) is 0 Å². The Kier molecular flexibility index (Phi) is 3.78. The molecule has 6 heteroatoms. The van der Waals surface area contributed by atoms with E-state index in [0.29, 0.717) is 5.92 Å². The molecule has 0 bridgehead atoms. The number of anilines is 1. The van der Waals surface area contributed by atoms with Crippen molar-refractivity contribution in [3.63, 3.8) is 0 Å². The molecule has 2 rings (SSSR count). The molecule has 0 saturated carbocycles. The minimum Gasteiger partial charge on any atom is -0.396 e. The van der Waals surface area contributed by atoms with E-state index in [1.807, 2.05) is 0 Å². The van der Waals surface area contributed by atoms with Crippen LogP contribution in [0.15, 0.2) is 18.2 Å². The molecule has 0 aliphatic carbocycles. The lowest BCUT2D eigenvalue weighted by molar-refractivity contribution is -0.383. The van der Waals surface area contributed by atoms with E-state index < -0.39 is 4.92 Å². The van der Waals surface area contributed by atoms with Crippen molar-refractivity contribution in [1.29, 1.82) is 0 Å². The summed E-state index contributed by atoms with van der Waals surface area (Å²) in [7, 11) is 0. The highest BCUT2D eigenvalue weighted by molar-refractivity contribution is 5.59. The van der Waals surface area contributed by atoms with Crippen LogP contribution in [0.3, 0.4) is 0 Å². The normalized spacial score (nSPS) is 20.2. The minimum absolute atomic E-state index is 0.0478. The number of nitrogens with zero attached hydrogens (tertiary/aromatic N) is 2. The first kappa shape index (κ1) is 12.8. The van der Waals surface area contributed by atoms with E-state index in [4.69, 9.17) is 10.8 Å². The maximum absolute atomic E-state index is 10.6. The summed E-state index contributed by atoms with van der Waals surface area (Å²) in [5.41, 5.74) is 6.78. The Labute approximate surface area is 105 Å². The third-order valence-corrected chi connectivity index (χ3v) is 3.32. The highest BCUT2D eigenvalue weighted by Crippen LogP contribution is 2.24. The number of nitrogen functional groups attached to an aromatic ring is 1. The van der Waals surface area contributed by atoms with Gasteiger partial charge in [0.2, 0.25) is 0 Å². The summed E-state index contributed by atoms with van der Waals surface area (Å²) in [5.74, 6) is 0.348. The van der Waals surface area contributed by atoms with Crippen LogP contribution in [0.2, 0.25) is 0 Å². The van der Waals surface area contributed by atoms with Gasteiger partial charge < -0.3 is 10.8 Å². The Hall–Kier alpha value is -1.66. The van der Waals surface area contributed by atoms with Crippen LogP contribution in [0.1, 0.15) is 12.0 Å². The third kappa shape index (κ3) is 2.77. The van der Waals surface area contributed by atoms with Crippen molar-refractivity contribution < 1.29 is 10.0 Å². The van der Waals surface area contributed by atoms with E-state index >= 15 is 0 Å². The van der Waals surface area contributed by atoms with Crippen LogP contribution in [0, 0.1) is 16.0 Å². The van der Waals surface area contributed by atoms with Crippen molar-refractivity contribution in [1.82, 2.24) is 4.90 Å². The first-order valence-electron chi connectivity index (χ1n) is 5.96. The van der Waals surface area contributed by atoms with E-state index in [-0.39, 0.29) is 18.0 Å². The molecule has 1 atom stereocenters. The largest absolute Gasteiger partial charge is 0.396 e. The number of rotatable bonds is 4. The van der Waals surface area contributed by atoms with Gasteiger partial charge in [-0.2, -0.15) is 0 Å². The SMILES string of the molecule is Nc1cc(CN2CCC(CO)C2)ccc1[N+](=O)[O-]. The summed E-state index contributed by atoms with van der Waals surface area (Å²) < 4.78 is 0. The lowest BCUT2D eigenvalue weighted by atomic mass is 10.1. The molecular formula is C12H17N3O3. The van der Waals surface area contributed by atoms with Gasteiger partial charge in [0.15, 0.2) is 0 Å². The number of aliphatic hydroxyl groups is 1. The monoisotopic (exact) mass is 251 g/mol. The van der Waals surface area contributed by atoms with Gasteiger partial charge in [-0.15, -0.1) is 0 Å². The fraction of sp³-hybridized carbons (Fsp3) is 0.500. The van der Waals surface area contributed by atoms with Gasteiger partial charge in [-0.3, -0.25) is 15.0 Å². The molecule has 1 unspecified atom stereocenters. The zero-order chi connectivity index (χ0) is 13.1. The van der Waals surface area contributed by atoms with Crippen molar-refractivity contribution in [2.24, 2.45) is 5.92 Å². The molecule has 0 aromatic heterocycles. The molecule has 1 aliphatic heterocycles. The van der Waals surface area contributed by atoms with Crippen molar-refractivity contribution >= 4 is 11.4 Å². The molecule has 1 aromatic carbocycles. The van der Waals surface area contributed by atoms with Gasteiger partial charge in [0.1, 0.15) is 5.69 Å². The summed E-state index contributed by atoms with van der Waals surface area (Å²) in [6.45, 7) is 2.76. The predicted molar refractivity (Wildman–Crippen MR) is 68.0 cm³/mol. The molecule has 1 fully saturated rings. The third-order valence-electron chi connectivity index (χ3n) is 3.32. The quantitative estimate of drug-likeness (QED) is 0.473. The molecule has 3 N–H and O–H groups in total. The zero-order valence-corrected chi connectivity index (χ0v) is 10.1. The zero-order valence-electron chi connectivity index (χ0n) is 10.1. The molecule has 1 aromatic rings. The molecule has 18 heavy (non-hydrogen) atoms. The summed E-state index contributed by atoms with van der Waals surface area (Å²) in [4.78, 5) is 12.4. The fourth-order valence-corrected chi connectivity index (χ4v) is 2.33. The Morgan fingerprint density at radius 3 is 2.89 bits per heavy atom. The molecule has 6 nitrogen and oxygen atoms in total. The summed E-state index contributed by atoms with van der Waals surface area (Å²) in [6, 6.07) is 4.84. The summed E-state index contributed by atoms with van der Waals surface area (Å²) in [5, 5.41) is 19.7. The number of likely N-dealkylation sites (tertiary alicyclic amines) is 1. The lowest BCUT2D eigenvalue weighted by Crippen LogP contribution is -2.21. The number of nitro groups is 1. The van der Waals surface area contributed by atoms with Crippen LogP contribution in [-0.4, -0.2) is 34.6 Å². The van der Waals surface area contributed by atoms with E-state index in [1.165, 1.54) is 6.07 Å². The number of nitro benzene ring substituents is 1. The second-order valence-corrected chi connectivity index (χ2v) is 4.72. The lowest BCUT2D eigenvalue weighted by Gasteiger charge is -2.15. The highest BCUT2D eigenvalue weighted by Gasteiger charge is 2.22. The van der Waals surface area contributed by atoms with Gasteiger partial charge >= 0.3 is 0 Å². The average molecular weight is 251 g/mol. The number of benzene rings is 1. The predicted octanol–water partition coefficient (Wildman–Crippen LogP) is 0.991. The highest BCUT2D eigenvalue weighted by atomic mass is 16.6. The van der Waals surface area contributed by atoms with Crippen LogP contribution in [0.4, 0.5) is 11.4 Å². The van der Waals surface area contributed by atoms with Gasteiger partial charge in [0, 0.05) is 25.8 Å². The Morgan fingerprint density at radius 1 is 1.56 bits per heavy atom. The molecule has 0 amide bonds. The molecule has 98 valence electrons. The topological polar surface area (TPSA) is 92.6 Å². The second-order valence-electron chi connectivity index (χ2n) is 4.72. The van der Waals surface area contributed by atoms with Crippen molar-refractivity contribution in [3.8, 4) is 0 Å². The van der Waals surface area contributed by atoms with E-state index in [0.717, 1.165) is 31.6 Å². The van der Waals surface area contributed by atoms with Gasteiger partial charge in [-0.05, 0) is 30.5 Å². The summed E-state index contributed by atoms with van der Waals surface area (Å²) in [6.07, 6.45) is 0.999. The van der Waals surface area contributed by atoms with E-state index in [1.54, 1.807) is 12.1 Å². The van der Waals surface area contributed by atoms with Crippen LogP contribution in [0.5, 0.6) is 0 Å². The first-order chi connectivity index (χ1) is 8.60. The smallest absolute Gasteiger partial charge is 0.292 e. The minimum atomic E-state index is -0.475. The molecule has 0 spiro atoms. The van der Waals surface area contributed by atoms with Crippen molar-refractivity contribution in [2.45, 2.75) is 13.0 Å². The van der Waals surface area contributed by atoms with Gasteiger partial charge in [0.25, 0.3) is 5.69 Å². The molecular weight excluding hydrogens is 234 g/mol.